The molecule has 2 saturated heterocycles. The van der Waals surface area contributed by atoms with Gasteiger partial charge < -0.3 is 20.9 Å². The Labute approximate surface area is 159 Å². The first kappa shape index (κ1) is 21.0. The normalized spacial score (nSPS) is 28.9. The van der Waals surface area contributed by atoms with E-state index in [2.05, 4.69) is 53.7 Å². The van der Waals surface area contributed by atoms with E-state index in [4.69, 9.17) is 0 Å². The molecule has 3 N–H and O–H groups in total. The molecule has 0 saturated carbocycles. The van der Waals surface area contributed by atoms with E-state index >= 15 is 0 Å². The molecule has 2 rings (SSSR count). The third-order valence-electron chi connectivity index (χ3n) is 4.98. The molecule has 23 heavy (non-hydrogen) atoms. The average Bonchev–Trinajstić information content (AvgIpc) is 2.42. The van der Waals surface area contributed by atoms with Gasteiger partial charge in [0.1, 0.15) is 0 Å². The second kappa shape index (κ2) is 9.42. The molecule has 2 aliphatic rings. The summed E-state index contributed by atoms with van der Waals surface area (Å²) in [4.78, 5) is 6.98. The smallest absolute Gasteiger partial charge is 0.191 e. The van der Waals surface area contributed by atoms with E-state index in [9.17, 15) is 0 Å². The number of piperidine rings is 2. The molecule has 0 aromatic rings. The summed E-state index contributed by atoms with van der Waals surface area (Å²) in [5.74, 6) is 0.948. The number of aliphatic imine (C=N–C) groups is 1. The summed E-state index contributed by atoms with van der Waals surface area (Å²) >= 11 is 0. The van der Waals surface area contributed by atoms with Crippen molar-refractivity contribution in [3.63, 3.8) is 0 Å². The van der Waals surface area contributed by atoms with E-state index in [0.717, 1.165) is 31.1 Å². The molecule has 2 bridgehead atoms. The summed E-state index contributed by atoms with van der Waals surface area (Å²) in [7, 11) is 4.16. The quantitative estimate of drug-likeness (QED) is 0.273. The molecule has 0 radical (unpaired) electrons. The Hall–Kier alpha value is -0.0800. The molecule has 0 amide bonds. The second-order valence-electron chi connectivity index (χ2n) is 7.89. The van der Waals surface area contributed by atoms with Crippen molar-refractivity contribution in [1.29, 1.82) is 0 Å². The molecule has 2 heterocycles. The Balaban J connectivity index is 0.00000264. The summed E-state index contributed by atoms with van der Waals surface area (Å²) in [6.45, 7) is 8.42. The van der Waals surface area contributed by atoms with Gasteiger partial charge in [0.2, 0.25) is 0 Å². The zero-order chi connectivity index (χ0) is 16.2. The number of hydrogen-bond donors (Lipinski definition) is 3. The van der Waals surface area contributed by atoms with E-state index in [1.165, 1.54) is 32.1 Å². The lowest BCUT2D eigenvalue weighted by molar-refractivity contribution is 0.0526. The minimum Gasteiger partial charge on any atom is -0.355 e. The Morgan fingerprint density at radius 3 is 2.26 bits per heavy atom. The topological polar surface area (TPSA) is 51.7 Å². The van der Waals surface area contributed by atoms with E-state index in [0.29, 0.717) is 6.04 Å². The van der Waals surface area contributed by atoms with Gasteiger partial charge in [-0.25, -0.2) is 0 Å². The predicted octanol–water partition coefficient (Wildman–Crippen LogP) is 2.17. The van der Waals surface area contributed by atoms with E-state index < -0.39 is 0 Å². The lowest BCUT2D eigenvalue weighted by Crippen LogP contribution is -2.57. The molecule has 0 aromatic carbocycles. The highest BCUT2D eigenvalue weighted by molar-refractivity contribution is 14.0. The van der Waals surface area contributed by atoms with Crippen molar-refractivity contribution in [1.82, 2.24) is 20.9 Å². The van der Waals surface area contributed by atoms with Gasteiger partial charge in [-0.05, 0) is 53.5 Å². The van der Waals surface area contributed by atoms with Crippen molar-refractivity contribution >= 4 is 29.9 Å². The molecule has 136 valence electrons. The van der Waals surface area contributed by atoms with Gasteiger partial charge in [0, 0.05) is 43.8 Å². The molecule has 6 heteroatoms. The number of halogens is 1. The first-order valence-electron chi connectivity index (χ1n) is 8.83. The van der Waals surface area contributed by atoms with E-state index in [1.807, 2.05) is 7.05 Å². The monoisotopic (exact) mass is 437 g/mol. The first-order chi connectivity index (χ1) is 10.4. The molecule has 0 aromatic heterocycles. The van der Waals surface area contributed by atoms with Crippen molar-refractivity contribution in [2.45, 2.75) is 76.5 Å². The molecule has 5 nitrogen and oxygen atoms in total. The molecular formula is C17H36IN5. The fourth-order valence-electron chi connectivity index (χ4n) is 3.74. The van der Waals surface area contributed by atoms with Crippen molar-refractivity contribution in [3.8, 4) is 0 Å². The van der Waals surface area contributed by atoms with Crippen molar-refractivity contribution in [3.05, 3.63) is 0 Å². The van der Waals surface area contributed by atoms with Crippen LogP contribution >= 0.6 is 24.0 Å². The van der Waals surface area contributed by atoms with Crippen LogP contribution in [0.4, 0.5) is 0 Å². The van der Waals surface area contributed by atoms with Crippen LogP contribution in [0, 0.1) is 0 Å². The van der Waals surface area contributed by atoms with Gasteiger partial charge in [-0.1, -0.05) is 6.42 Å². The molecule has 0 aliphatic carbocycles. The second-order valence-corrected chi connectivity index (χ2v) is 7.89. The maximum absolute atomic E-state index is 4.38. The molecule has 2 atom stereocenters. The van der Waals surface area contributed by atoms with Gasteiger partial charge in [-0.15, -0.1) is 24.0 Å². The minimum atomic E-state index is 0. The standard InChI is InChI=1S/C17H35N5.HI/c1-17(2,3)20-10-9-19-16(18-4)21-13-11-14-7-6-8-15(12-13)22(14)5;/h13-15,20H,6-12H2,1-5H3,(H2,18,19,21);1H. The van der Waals surface area contributed by atoms with Crippen LogP contribution in [0.2, 0.25) is 0 Å². The highest BCUT2D eigenvalue weighted by Crippen LogP contribution is 2.32. The van der Waals surface area contributed by atoms with Crippen LogP contribution in [0.1, 0.15) is 52.9 Å². The Morgan fingerprint density at radius 2 is 1.74 bits per heavy atom. The van der Waals surface area contributed by atoms with Crippen molar-refractivity contribution in [2.24, 2.45) is 4.99 Å². The van der Waals surface area contributed by atoms with Crippen LogP contribution in [-0.2, 0) is 0 Å². The Morgan fingerprint density at radius 1 is 1.13 bits per heavy atom. The summed E-state index contributed by atoms with van der Waals surface area (Å²) in [6, 6.07) is 2.07. The van der Waals surface area contributed by atoms with E-state index in [1.54, 1.807) is 0 Å². The maximum atomic E-state index is 4.38. The number of fused-ring (bicyclic) bond motifs is 2. The van der Waals surface area contributed by atoms with Crippen molar-refractivity contribution in [2.75, 3.05) is 27.2 Å². The molecule has 0 spiro atoms. The van der Waals surface area contributed by atoms with Crippen LogP contribution < -0.4 is 16.0 Å². The van der Waals surface area contributed by atoms with Gasteiger partial charge >= 0.3 is 0 Å². The highest BCUT2D eigenvalue weighted by Gasteiger charge is 2.36. The summed E-state index contributed by atoms with van der Waals surface area (Å²) in [6.07, 6.45) is 6.60. The largest absolute Gasteiger partial charge is 0.355 e. The average molecular weight is 437 g/mol. The minimum absolute atomic E-state index is 0. The number of hydrogen-bond acceptors (Lipinski definition) is 3. The number of nitrogens with one attached hydrogen (secondary N) is 3. The number of rotatable bonds is 4. The number of nitrogens with zero attached hydrogens (tertiary/aromatic N) is 2. The van der Waals surface area contributed by atoms with Crippen LogP contribution in [0.5, 0.6) is 0 Å². The molecule has 2 fully saturated rings. The lowest BCUT2D eigenvalue weighted by Gasteiger charge is -2.47. The van der Waals surface area contributed by atoms with Crippen LogP contribution in [0.25, 0.3) is 0 Å². The van der Waals surface area contributed by atoms with Crippen LogP contribution in [-0.4, -0.2) is 61.7 Å². The first-order valence-corrected chi connectivity index (χ1v) is 8.83. The summed E-state index contributed by atoms with van der Waals surface area (Å²) in [5, 5.41) is 10.6. The van der Waals surface area contributed by atoms with Gasteiger partial charge in [0.15, 0.2) is 5.96 Å². The Bertz CT molecular complexity index is 366. The SMILES string of the molecule is CN=C(NCCNC(C)(C)C)NC1CC2CCCC(C1)N2C.I. The third-order valence-corrected chi connectivity index (χ3v) is 4.98. The van der Waals surface area contributed by atoms with Crippen LogP contribution in [0.15, 0.2) is 4.99 Å². The fraction of sp³-hybridized carbons (Fsp3) is 0.941. The fourth-order valence-corrected chi connectivity index (χ4v) is 3.74. The molecule has 2 unspecified atom stereocenters. The molecular weight excluding hydrogens is 401 g/mol. The van der Waals surface area contributed by atoms with Crippen LogP contribution in [0.3, 0.4) is 0 Å². The zero-order valence-corrected chi connectivity index (χ0v) is 17.8. The number of guanidine groups is 1. The van der Waals surface area contributed by atoms with E-state index in [-0.39, 0.29) is 29.5 Å². The Kier molecular flexibility index (Phi) is 8.58. The maximum Gasteiger partial charge on any atom is 0.191 e. The summed E-state index contributed by atoms with van der Waals surface area (Å²) in [5.41, 5.74) is 0.171. The lowest BCUT2D eigenvalue weighted by atomic mass is 9.82. The van der Waals surface area contributed by atoms with Gasteiger partial charge in [0.25, 0.3) is 0 Å². The molecule has 2 aliphatic heterocycles. The predicted molar refractivity (Wildman–Crippen MR) is 110 cm³/mol. The van der Waals surface area contributed by atoms with Gasteiger partial charge in [-0.3, -0.25) is 4.99 Å². The third kappa shape index (κ3) is 6.74. The van der Waals surface area contributed by atoms with Crippen molar-refractivity contribution < 1.29 is 0 Å². The van der Waals surface area contributed by atoms with Gasteiger partial charge in [-0.2, -0.15) is 0 Å². The summed E-state index contributed by atoms with van der Waals surface area (Å²) < 4.78 is 0. The highest BCUT2D eigenvalue weighted by atomic mass is 127. The van der Waals surface area contributed by atoms with Gasteiger partial charge in [0.05, 0.1) is 0 Å². The zero-order valence-electron chi connectivity index (χ0n) is 15.5.